The first-order chi connectivity index (χ1) is 15.4. The predicted octanol–water partition coefficient (Wildman–Crippen LogP) is 3.52. The van der Waals surface area contributed by atoms with Crippen molar-refractivity contribution in [1.29, 1.82) is 0 Å². The molecule has 4 heterocycles. The van der Waals surface area contributed by atoms with Gasteiger partial charge in [0.15, 0.2) is 0 Å². The fourth-order valence-corrected chi connectivity index (χ4v) is 5.56. The van der Waals surface area contributed by atoms with Crippen LogP contribution in [0, 0.1) is 12.3 Å². The van der Waals surface area contributed by atoms with Crippen LogP contribution >= 0.6 is 11.6 Å². The zero-order chi connectivity index (χ0) is 22.3. The first kappa shape index (κ1) is 21.6. The summed E-state index contributed by atoms with van der Waals surface area (Å²) in [7, 11) is 0. The van der Waals surface area contributed by atoms with Crippen LogP contribution in [0.1, 0.15) is 58.8 Å². The summed E-state index contributed by atoms with van der Waals surface area (Å²) >= 11 is 5.86. The first-order valence-corrected chi connectivity index (χ1v) is 11.7. The number of piperidine rings is 2. The van der Waals surface area contributed by atoms with E-state index in [1.165, 1.54) is 0 Å². The zero-order valence-corrected chi connectivity index (χ0v) is 19.1. The summed E-state index contributed by atoms with van der Waals surface area (Å²) in [4.78, 5) is 25.0. The van der Waals surface area contributed by atoms with E-state index in [0.717, 1.165) is 74.4 Å². The Bertz CT molecular complexity index is 995. The third-order valence-corrected chi connectivity index (χ3v) is 7.86. The molecule has 170 valence electrons. The van der Waals surface area contributed by atoms with Gasteiger partial charge in [-0.2, -0.15) is 0 Å². The molecular formula is C24H29ClN4O3. The number of halogens is 1. The highest BCUT2D eigenvalue weighted by Gasteiger charge is 2.38. The molecule has 1 aromatic heterocycles. The second kappa shape index (κ2) is 8.61. The maximum Gasteiger partial charge on any atom is 0.338 e. The summed E-state index contributed by atoms with van der Waals surface area (Å²) in [5.74, 6) is 0.640. The monoisotopic (exact) mass is 456 g/mol. The van der Waals surface area contributed by atoms with Crippen molar-refractivity contribution in [3.8, 4) is 0 Å². The number of nitrogens with zero attached hydrogens (tertiary/aromatic N) is 4. The Hall–Kier alpha value is -2.22. The molecule has 8 heteroatoms. The lowest BCUT2D eigenvalue weighted by molar-refractivity contribution is 0.0447. The topological polar surface area (TPSA) is 78.8 Å². The van der Waals surface area contributed by atoms with Crippen molar-refractivity contribution in [2.45, 2.75) is 45.3 Å². The number of benzene rings is 1. The molecule has 7 nitrogen and oxygen atoms in total. The molecule has 0 radical (unpaired) electrons. The van der Waals surface area contributed by atoms with Gasteiger partial charge in [-0.15, -0.1) is 0 Å². The first-order valence-electron chi connectivity index (χ1n) is 11.4. The summed E-state index contributed by atoms with van der Waals surface area (Å²) in [5.41, 5.74) is 3.82. The molecule has 0 bridgehead atoms. The number of ether oxygens (including phenoxy) is 1. The second-order valence-corrected chi connectivity index (χ2v) is 9.77. The molecule has 1 aromatic carbocycles. The van der Waals surface area contributed by atoms with E-state index in [1.54, 1.807) is 18.5 Å². The van der Waals surface area contributed by atoms with Gasteiger partial charge in [-0.25, -0.2) is 14.8 Å². The van der Waals surface area contributed by atoms with E-state index in [0.29, 0.717) is 29.3 Å². The van der Waals surface area contributed by atoms with E-state index in [9.17, 15) is 9.90 Å². The quantitative estimate of drug-likeness (QED) is 0.705. The van der Waals surface area contributed by atoms with Crippen molar-refractivity contribution < 1.29 is 14.6 Å². The Morgan fingerprint density at radius 1 is 1.12 bits per heavy atom. The molecule has 1 N–H and O–H groups in total. The fraction of sp³-hybridized carbons (Fsp3) is 0.542. The molecule has 2 aromatic rings. The van der Waals surface area contributed by atoms with Crippen molar-refractivity contribution in [1.82, 2.24) is 14.9 Å². The number of hydrogen-bond acceptors (Lipinski definition) is 7. The lowest BCUT2D eigenvalue weighted by Crippen LogP contribution is -2.47. The van der Waals surface area contributed by atoms with Crippen LogP contribution in [0.2, 0.25) is 5.15 Å². The molecule has 0 saturated carbocycles. The Labute approximate surface area is 193 Å². The Kier molecular flexibility index (Phi) is 5.82. The highest BCUT2D eigenvalue weighted by molar-refractivity contribution is 6.29. The molecule has 3 aliphatic heterocycles. The van der Waals surface area contributed by atoms with E-state index < -0.39 is 6.10 Å². The second-order valence-electron chi connectivity index (χ2n) is 9.38. The highest BCUT2D eigenvalue weighted by atomic mass is 35.5. The minimum Gasteiger partial charge on any atom is -0.457 e. The van der Waals surface area contributed by atoms with Crippen molar-refractivity contribution in [2.75, 3.05) is 37.6 Å². The van der Waals surface area contributed by atoms with Crippen molar-refractivity contribution in [2.24, 2.45) is 5.41 Å². The molecule has 1 spiro atoms. The van der Waals surface area contributed by atoms with Gasteiger partial charge >= 0.3 is 5.97 Å². The lowest BCUT2D eigenvalue weighted by atomic mass is 9.71. The Morgan fingerprint density at radius 2 is 1.84 bits per heavy atom. The number of hydrogen-bond donors (Lipinski definition) is 1. The van der Waals surface area contributed by atoms with Gasteiger partial charge < -0.3 is 19.6 Å². The summed E-state index contributed by atoms with van der Waals surface area (Å²) in [6.45, 7) is 6.90. The van der Waals surface area contributed by atoms with Gasteiger partial charge in [0.05, 0.1) is 24.1 Å². The lowest BCUT2D eigenvalue weighted by Gasteiger charge is -2.47. The standard InChI is InChI=1S/C24H29ClN4O3/c1-16-17(2-3-18-19(16)15-32-23(18)31)20(30)14-28-8-4-24(5-9-28)6-10-29(11-7-24)22-13-26-21(25)12-27-22/h2-3,12-13,20,30H,4-11,14-15H2,1H3/t20-/m0/s1. The third kappa shape index (κ3) is 4.09. The number of fused-ring (bicyclic) bond motifs is 1. The summed E-state index contributed by atoms with van der Waals surface area (Å²) in [6, 6.07) is 3.67. The van der Waals surface area contributed by atoms with E-state index in [4.69, 9.17) is 16.3 Å². The van der Waals surface area contributed by atoms with E-state index >= 15 is 0 Å². The number of anilines is 1. The Morgan fingerprint density at radius 3 is 2.53 bits per heavy atom. The number of aliphatic hydroxyl groups excluding tert-OH is 1. The van der Waals surface area contributed by atoms with Crippen molar-refractivity contribution in [3.05, 3.63) is 51.9 Å². The van der Waals surface area contributed by atoms with Gasteiger partial charge in [0, 0.05) is 25.2 Å². The smallest absolute Gasteiger partial charge is 0.338 e. The van der Waals surface area contributed by atoms with Crippen LogP contribution in [0.3, 0.4) is 0 Å². The van der Waals surface area contributed by atoms with Crippen molar-refractivity contribution in [3.63, 3.8) is 0 Å². The zero-order valence-electron chi connectivity index (χ0n) is 18.4. The molecule has 0 aliphatic carbocycles. The van der Waals surface area contributed by atoms with Crippen LogP contribution in [0.5, 0.6) is 0 Å². The van der Waals surface area contributed by atoms with Crippen molar-refractivity contribution >= 4 is 23.4 Å². The maximum absolute atomic E-state index is 11.8. The van der Waals surface area contributed by atoms with Gasteiger partial charge in [0.2, 0.25) is 0 Å². The average Bonchev–Trinajstić information content (AvgIpc) is 3.18. The van der Waals surface area contributed by atoms with Crippen LogP contribution in [0.25, 0.3) is 0 Å². The van der Waals surface area contributed by atoms with Gasteiger partial charge in [-0.05, 0) is 68.3 Å². The summed E-state index contributed by atoms with van der Waals surface area (Å²) < 4.78 is 5.15. The van der Waals surface area contributed by atoms with Crippen LogP contribution in [0.4, 0.5) is 5.82 Å². The minimum absolute atomic E-state index is 0.264. The molecule has 3 aliphatic rings. The molecule has 5 rings (SSSR count). The van der Waals surface area contributed by atoms with Gasteiger partial charge in [0.25, 0.3) is 0 Å². The molecule has 0 amide bonds. The SMILES string of the molecule is Cc1c([C@@H](O)CN2CCC3(CC2)CCN(c2cnc(Cl)cn2)CC3)ccc2c1COC2=O. The summed E-state index contributed by atoms with van der Waals surface area (Å²) in [5, 5.41) is 11.4. The number of carbonyl (C=O) groups is 1. The largest absolute Gasteiger partial charge is 0.457 e. The molecule has 32 heavy (non-hydrogen) atoms. The van der Waals surface area contributed by atoms with E-state index in [-0.39, 0.29) is 5.97 Å². The minimum atomic E-state index is -0.560. The predicted molar refractivity (Wildman–Crippen MR) is 122 cm³/mol. The Balaban J connectivity index is 1.15. The van der Waals surface area contributed by atoms with Crippen LogP contribution < -0.4 is 4.90 Å². The highest BCUT2D eigenvalue weighted by Crippen LogP contribution is 2.42. The number of carbonyl (C=O) groups excluding carboxylic acids is 1. The van der Waals surface area contributed by atoms with Crippen LogP contribution in [-0.4, -0.2) is 58.7 Å². The summed E-state index contributed by atoms with van der Waals surface area (Å²) in [6.07, 6.45) is 7.44. The number of rotatable bonds is 4. The normalized spacial score (nSPS) is 21.5. The third-order valence-electron chi connectivity index (χ3n) is 7.67. The van der Waals surface area contributed by atoms with Gasteiger partial charge in [0.1, 0.15) is 17.6 Å². The fourth-order valence-electron chi connectivity index (χ4n) is 5.46. The molecule has 1 atom stereocenters. The van der Waals surface area contributed by atoms with E-state index in [2.05, 4.69) is 19.8 Å². The number of aromatic nitrogens is 2. The van der Waals surface area contributed by atoms with Crippen LogP contribution in [0.15, 0.2) is 24.5 Å². The number of likely N-dealkylation sites (tertiary alicyclic amines) is 1. The number of esters is 1. The molecule has 2 fully saturated rings. The van der Waals surface area contributed by atoms with Gasteiger partial charge in [-0.1, -0.05) is 17.7 Å². The van der Waals surface area contributed by atoms with E-state index in [1.807, 2.05) is 13.0 Å². The maximum atomic E-state index is 11.8. The van der Waals surface area contributed by atoms with Crippen LogP contribution in [-0.2, 0) is 11.3 Å². The molecule has 0 unspecified atom stereocenters. The molecule has 2 saturated heterocycles. The number of aliphatic hydroxyl groups is 1. The average molecular weight is 457 g/mol. The molecular weight excluding hydrogens is 428 g/mol. The number of β-amino-alcohol motifs (C(OH)–C–C–N with tert-alkyl or cyclic N) is 1. The number of cyclic esters (lactones) is 1. The van der Waals surface area contributed by atoms with Gasteiger partial charge in [-0.3, -0.25) is 0 Å².